The van der Waals surface area contributed by atoms with Gasteiger partial charge in [-0.15, -0.1) is 0 Å². The molecule has 1 saturated heterocycles. The number of benzene rings is 1. The van der Waals surface area contributed by atoms with Crippen LogP contribution in [0.3, 0.4) is 0 Å². The molecule has 0 spiro atoms. The monoisotopic (exact) mass is 296 g/mol. The van der Waals surface area contributed by atoms with Gasteiger partial charge in [0.25, 0.3) is 5.69 Å². The number of para-hydroxylation sites is 1. The van der Waals surface area contributed by atoms with Gasteiger partial charge in [-0.2, -0.15) is 11.8 Å². The van der Waals surface area contributed by atoms with E-state index in [1.807, 2.05) is 17.8 Å². The fourth-order valence-corrected chi connectivity index (χ4v) is 3.70. The quantitative estimate of drug-likeness (QED) is 0.492. The van der Waals surface area contributed by atoms with E-state index < -0.39 is 4.92 Å². The van der Waals surface area contributed by atoms with Crippen molar-refractivity contribution in [2.75, 3.05) is 24.3 Å². The van der Waals surface area contributed by atoms with E-state index >= 15 is 0 Å². The fourth-order valence-electron chi connectivity index (χ4n) is 2.45. The maximum Gasteiger partial charge on any atom is 0.293 e. The Morgan fingerprint density at radius 2 is 2.40 bits per heavy atom. The summed E-state index contributed by atoms with van der Waals surface area (Å²) in [5.41, 5.74) is 3.82. The molecule has 1 aliphatic heterocycles. The summed E-state index contributed by atoms with van der Waals surface area (Å²) in [7, 11) is 0. The molecule has 1 unspecified atom stereocenters. The lowest BCUT2D eigenvalue weighted by Gasteiger charge is -2.32. The minimum Gasteiger partial charge on any atom is -0.318 e. The van der Waals surface area contributed by atoms with Gasteiger partial charge in [0.2, 0.25) is 0 Å². The molecule has 0 aromatic heterocycles. The number of nitrogens with two attached hydrogens (primary N) is 1. The van der Waals surface area contributed by atoms with Crippen molar-refractivity contribution in [3.05, 3.63) is 33.9 Å². The Morgan fingerprint density at radius 3 is 3.05 bits per heavy atom. The van der Waals surface area contributed by atoms with Crippen LogP contribution in [-0.4, -0.2) is 33.9 Å². The second-order valence-corrected chi connectivity index (χ2v) is 6.26. The summed E-state index contributed by atoms with van der Waals surface area (Å²) >= 11 is 2.01. The molecule has 0 aliphatic carbocycles. The fraction of sp³-hybridized carbons (Fsp3) is 0.538. The highest BCUT2D eigenvalue weighted by Gasteiger charge is 2.22. The molecule has 1 fully saturated rings. The van der Waals surface area contributed by atoms with Crippen molar-refractivity contribution in [2.45, 2.75) is 25.1 Å². The molecule has 1 aromatic carbocycles. The van der Waals surface area contributed by atoms with Crippen LogP contribution in [0.15, 0.2) is 18.2 Å². The van der Waals surface area contributed by atoms with E-state index in [1.54, 1.807) is 6.07 Å². The summed E-state index contributed by atoms with van der Waals surface area (Å²) in [5.74, 6) is 6.58. The lowest BCUT2D eigenvalue weighted by molar-refractivity contribution is -0.384. The number of anilines is 1. The van der Waals surface area contributed by atoms with Crippen LogP contribution in [0.1, 0.15) is 18.9 Å². The third kappa shape index (κ3) is 3.41. The summed E-state index contributed by atoms with van der Waals surface area (Å²) in [6.45, 7) is 4.92. The molecule has 1 heterocycles. The Hall–Kier alpha value is -1.31. The number of nitrogen functional groups attached to an aromatic ring is 1. The molecule has 3 N–H and O–H groups in total. The molecule has 0 saturated carbocycles. The van der Waals surface area contributed by atoms with Crippen molar-refractivity contribution < 1.29 is 4.92 Å². The van der Waals surface area contributed by atoms with E-state index in [0.29, 0.717) is 17.5 Å². The molecule has 110 valence electrons. The SMILES string of the molecule is CCC1CN(Cc2cccc([N+](=O)[O-])c2NN)CCS1. The van der Waals surface area contributed by atoms with Crippen LogP contribution in [0.2, 0.25) is 0 Å². The van der Waals surface area contributed by atoms with Crippen LogP contribution >= 0.6 is 11.8 Å². The molecule has 0 bridgehead atoms. The van der Waals surface area contributed by atoms with Gasteiger partial charge in [0.05, 0.1) is 4.92 Å². The highest BCUT2D eigenvalue weighted by molar-refractivity contribution is 8.00. The highest BCUT2D eigenvalue weighted by Crippen LogP contribution is 2.30. The number of nitro benzene ring substituents is 1. The maximum atomic E-state index is 11.0. The van der Waals surface area contributed by atoms with Crippen molar-refractivity contribution in [3.8, 4) is 0 Å². The average molecular weight is 296 g/mol. The zero-order valence-corrected chi connectivity index (χ0v) is 12.4. The number of hydrogen-bond donors (Lipinski definition) is 2. The Bertz CT molecular complexity index is 483. The van der Waals surface area contributed by atoms with Gasteiger partial charge in [-0.05, 0) is 12.0 Å². The van der Waals surface area contributed by atoms with Gasteiger partial charge in [0, 0.05) is 36.7 Å². The maximum absolute atomic E-state index is 11.0. The number of nitrogens with zero attached hydrogens (tertiary/aromatic N) is 2. The van der Waals surface area contributed by atoms with E-state index in [4.69, 9.17) is 5.84 Å². The van der Waals surface area contributed by atoms with Crippen molar-refractivity contribution >= 4 is 23.1 Å². The summed E-state index contributed by atoms with van der Waals surface area (Å²) in [6, 6.07) is 5.08. The van der Waals surface area contributed by atoms with Crippen LogP contribution in [-0.2, 0) is 6.54 Å². The molecule has 7 heteroatoms. The predicted octanol–water partition coefficient (Wildman–Crippen LogP) is 2.21. The van der Waals surface area contributed by atoms with Crippen LogP contribution in [0.4, 0.5) is 11.4 Å². The Morgan fingerprint density at radius 1 is 1.60 bits per heavy atom. The number of nitro groups is 1. The normalized spacial score (nSPS) is 19.8. The summed E-state index contributed by atoms with van der Waals surface area (Å²) < 4.78 is 0. The molecular weight excluding hydrogens is 276 g/mol. The van der Waals surface area contributed by atoms with Crippen LogP contribution in [0, 0.1) is 10.1 Å². The number of hydrogen-bond acceptors (Lipinski definition) is 6. The molecular formula is C13H20N4O2S. The first-order valence-corrected chi connectivity index (χ1v) is 7.77. The summed E-state index contributed by atoms with van der Waals surface area (Å²) in [4.78, 5) is 13.0. The minimum atomic E-state index is -0.403. The molecule has 1 aromatic rings. The van der Waals surface area contributed by atoms with E-state index in [9.17, 15) is 10.1 Å². The van der Waals surface area contributed by atoms with Crippen LogP contribution in [0.5, 0.6) is 0 Å². The predicted molar refractivity (Wildman–Crippen MR) is 82.7 cm³/mol. The molecule has 0 radical (unpaired) electrons. The largest absolute Gasteiger partial charge is 0.318 e. The third-order valence-electron chi connectivity index (χ3n) is 3.54. The molecule has 1 aliphatic rings. The lowest BCUT2D eigenvalue weighted by atomic mass is 10.1. The smallest absolute Gasteiger partial charge is 0.293 e. The standard InChI is InChI=1S/C13H20N4O2S/c1-2-11-9-16(6-7-20-11)8-10-4-3-5-12(17(18)19)13(10)15-14/h3-5,11,15H,2,6-9,14H2,1H3. The van der Waals surface area contributed by atoms with Gasteiger partial charge in [-0.25, -0.2) is 0 Å². The van der Waals surface area contributed by atoms with Crippen molar-refractivity contribution in [1.82, 2.24) is 4.90 Å². The van der Waals surface area contributed by atoms with E-state index in [1.165, 1.54) is 6.07 Å². The van der Waals surface area contributed by atoms with Gasteiger partial charge < -0.3 is 5.43 Å². The molecule has 6 nitrogen and oxygen atoms in total. The van der Waals surface area contributed by atoms with Gasteiger partial charge >= 0.3 is 0 Å². The summed E-state index contributed by atoms with van der Waals surface area (Å²) in [6.07, 6.45) is 1.15. The van der Waals surface area contributed by atoms with Crippen LogP contribution < -0.4 is 11.3 Å². The first kappa shape index (κ1) is 15.1. The second kappa shape index (κ2) is 6.92. The Balaban J connectivity index is 2.16. The zero-order chi connectivity index (χ0) is 14.5. The summed E-state index contributed by atoms with van der Waals surface area (Å²) in [5, 5.41) is 11.7. The number of thioether (sulfide) groups is 1. The van der Waals surface area contributed by atoms with Crippen molar-refractivity contribution in [2.24, 2.45) is 5.84 Å². The number of nitrogens with one attached hydrogen (secondary N) is 1. The van der Waals surface area contributed by atoms with Gasteiger partial charge in [0.1, 0.15) is 5.69 Å². The van der Waals surface area contributed by atoms with Gasteiger partial charge in [0.15, 0.2) is 0 Å². The van der Waals surface area contributed by atoms with E-state index in [2.05, 4.69) is 17.2 Å². The van der Waals surface area contributed by atoms with Gasteiger partial charge in [-0.1, -0.05) is 19.1 Å². The van der Waals surface area contributed by atoms with Crippen LogP contribution in [0.25, 0.3) is 0 Å². The molecule has 20 heavy (non-hydrogen) atoms. The Labute approximate surface area is 122 Å². The minimum absolute atomic E-state index is 0.0309. The van der Waals surface area contributed by atoms with Crippen molar-refractivity contribution in [3.63, 3.8) is 0 Å². The topological polar surface area (TPSA) is 84.4 Å². The third-order valence-corrected chi connectivity index (χ3v) is 4.91. The average Bonchev–Trinajstić information content (AvgIpc) is 2.47. The number of hydrazine groups is 1. The lowest BCUT2D eigenvalue weighted by Crippen LogP contribution is -2.37. The molecule has 0 amide bonds. The molecule has 2 rings (SSSR count). The molecule has 1 atom stereocenters. The Kier molecular flexibility index (Phi) is 5.22. The van der Waals surface area contributed by atoms with Crippen molar-refractivity contribution in [1.29, 1.82) is 0 Å². The first-order chi connectivity index (χ1) is 9.65. The van der Waals surface area contributed by atoms with E-state index in [-0.39, 0.29) is 5.69 Å². The number of rotatable bonds is 5. The zero-order valence-electron chi connectivity index (χ0n) is 11.5. The van der Waals surface area contributed by atoms with Gasteiger partial charge in [-0.3, -0.25) is 20.9 Å². The van der Waals surface area contributed by atoms with E-state index in [0.717, 1.165) is 30.8 Å². The second-order valence-electron chi connectivity index (χ2n) is 4.85. The first-order valence-electron chi connectivity index (χ1n) is 6.72. The highest BCUT2D eigenvalue weighted by atomic mass is 32.2.